The van der Waals surface area contributed by atoms with Gasteiger partial charge in [-0.15, -0.1) is 0 Å². The Balaban J connectivity index is 1.88. The van der Waals surface area contributed by atoms with Gasteiger partial charge in [0.2, 0.25) is 0 Å². The van der Waals surface area contributed by atoms with Crippen molar-refractivity contribution in [1.29, 1.82) is 0 Å². The van der Waals surface area contributed by atoms with Crippen molar-refractivity contribution in [3.63, 3.8) is 0 Å². The first-order valence-corrected chi connectivity index (χ1v) is 9.95. The molecule has 1 aromatic carbocycles. The first-order chi connectivity index (χ1) is 12.3. The van der Waals surface area contributed by atoms with Crippen LogP contribution in [0.1, 0.15) is 24.3 Å². The maximum absolute atomic E-state index is 12.7. The molecule has 0 saturated carbocycles. The number of ether oxygens (including phenoxy) is 1. The highest BCUT2D eigenvalue weighted by Crippen LogP contribution is 2.27. The lowest BCUT2D eigenvalue weighted by atomic mass is 10.2. The third-order valence-electron chi connectivity index (χ3n) is 4.24. The molecule has 0 aliphatic carbocycles. The lowest BCUT2D eigenvalue weighted by Gasteiger charge is -2.29. The monoisotopic (exact) mass is 377 g/mol. The second kappa shape index (κ2) is 7.03. The van der Waals surface area contributed by atoms with Crippen LogP contribution in [0.3, 0.4) is 0 Å². The molecule has 1 aromatic heterocycles. The molecule has 2 heterocycles. The molecular weight excluding hydrogens is 354 g/mol. The van der Waals surface area contributed by atoms with Crippen LogP contribution in [-0.4, -0.2) is 44.0 Å². The summed E-state index contributed by atoms with van der Waals surface area (Å²) in [4.78, 5) is 14.5. The van der Waals surface area contributed by atoms with E-state index in [0.717, 1.165) is 0 Å². The summed E-state index contributed by atoms with van der Waals surface area (Å²) < 4.78 is 34.9. The lowest BCUT2D eigenvalue weighted by Crippen LogP contribution is -2.41. The summed E-state index contributed by atoms with van der Waals surface area (Å²) in [5, 5.41) is 0. The number of amides is 1. The molecule has 1 N–H and O–H groups in total. The number of sulfonamides is 1. The maximum Gasteiger partial charge on any atom is 0.270 e. The van der Waals surface area contributed by atoms with Gasteiger partial charge in [0.1, 0.15) is 16.3 Å². The molecule has 7 nitrogen and oxygen atoms in total. The minimum absolute atomic E-state index is 0.0677. The van der Waals surface area contributed by atoms with E-state index in [1.807, 2.05) is 13.8 Å². The van der Waals surface area contributed by atoms with Gasteiger partial charge in [-0.2, -0.15) is 0 Å². The molecule has 1 aliphatic heterocycles. The predicted octanol–water partition coefficient (Wildman–Crippen LogP) is 2.41. The Labute approximate surface area is 153 Å². The van der Waals surface area contributed by atoms with E-state index < -0.39 is 10.0 Å². The number of aromatic nitrogens is 1. The second-order valence-electron chi connectivity index (χ2n) is 6.71. The van der Waals surface area contributed by atoms with Crippen molar-refractivity contribution in [2.45, 2.75) is 25.3 Å². The number of fused-ring (bicyclic) bond motifs is 1. The molecule has 0 fully saturated rings. The van der Waals surface area contributed by atoms with E-state index >= 15 is 0 Å². The Hall–Kier alpha value is -2.48. The Morgan fingerprint density at radius 1 is 1.23 bits per heavy atom. The van der Waals surface area contributed by atoms with Crippen LogP contribution >= 0.6 is 0 Å². The highest BCUT2D eigenvalue weighted by Gasteiger charge is 2.29. The number of hydrogen-bond donors (Lipinski definition) is 1. The average molecular weight is 377 g/mol. The fourth-order valence-electron chi connectivity index (χ4n) is 3.03. The van der Waals surface area contributed by atoms with Gasteiger partial charge in [0.05, 0.1) is 12.8 Å². The van der Waals surface area contributed by atoms with Crippen molar-refractivity contribution in [3.05, 3.63) is 42.2 Å². The molecule has 0 spiro atoms. The highest BCUT2D eigenvalue weighted by molar-refractivity contribution is 7.92. The molecule has 1 aliphatic rings. The van der Waals surface area contributed by atoms with Gasteiger partial charge in [0, 0.05) is 25.8 Å². The maximum atomic E-state index is 12.7. The van der Waals surface area contributed by atoms with Gasteiger partial charge >= 0.3 is 0 Å². The SMILES string of the molecule is COc1ccccc1NS(=O)(=O)c1cc2n(c1)CCN(CC(C)C)C2=O. The number of carbonyl (C=O) groups excluding carboxylic acids is 1. The summed E-state index contributed by atoms with van der Waals surface area (Å²) in [7, 11) is -2.35. The fraction of sp³-hybridized carbons (Fsp3) is 0.389. The first kappa shape index (κ1) is 18.3. The fourth-order valence-corrected chi connectivity index (χ4v) is 4.14. The lowest BCUT2D eigenvalue weighted by molar-refractivity contribution is 0.0683. The molecule has 0 radical (unpaired) electrons. The Bertz CT molecular complexity index is 918. The first-order valence-electron chi connectivity index (χ1n) is 8.47. The van der Waals surface area contributed by atoms with E-state index in [4.69, 9.17) is 4.74 Å². The van der Waals surface area contributed by atoms with Gasteiger partial charge in [-0.25, -0.2) is 8.42 Å². The minimum Gasteiger partial charge on any atom is -0.495 e. The number of anilines is 1. The van der Waals surface area contributed by atoms with Gasteiger partial charge in [-0.3, -0.25) is 9.52 Å². The molecule has 0 unspecified atom stereocenters. The Morgan fingerprint density at radius 3 is 2.65 bits per heavy atom. The summed E-state index contributed by atoms with van der Waals surface area (Å²) in [5.74, 6) is 0.652. The van der Waals surface area contributed by atoms with E-state index in [2.05, 4.69) is 4.72 Å². The molecule has 0 saturated heterocycles. The van der Waals surface area contributed by atoms with Crippen molar-refractivity contribution in [2.75, 3.05) is 24.9 Å². The van der Waals surface area contributed by atoms with Crippen LogP contribution in [0, 0.1) is 5.92 Å². The van der Waals surface area contributed by atoms with Crippen molar-refractivity contribution in [2.24, 2.45) is 5.92 Å². The van der Waals surface area contributed by atoms with Crippen LogP contribution in [0.5, 0.6) is 5.75 Å². The number of rotatable bonds is 6. The van der Waals surface area contributed by atoms with E-state index in [9.17, 15) is 13.2 Å². The third kappa shape index (κ3) is 3.55. The van der Waals surface area contributed by atoms with Crippen LogP contribution in [0.4, 0.5) is 5.69 Å². The zero-order chi connectivity index (χ0) is 18.9. The van der Waals surface area contributed by atoms with Crippen LogP contribution in [0.2, 0.25) is 0 Å². The quantitative estimate of drug-likeness (QED) is 0.838. The zero-order valence-corrected chi connectivity index (χ0v) is 15.9. The highest BCUT2D eigenvalue weighted by atomic mass is 32.2. The zero-order valence-electron chi connectivity index (χ0n) is 15.1. The summed E-state index contributed by atoms with van der Waals surface area (Å²) in [6, 6.07) is 8.22. The summed E-state index contributed by atoms with van der Waals surface area (Å²) >= 11 is 0. The third-order valence-corrected chi connectivity index (χ3v) is 5.57. The molecule has 0 atom stereocenters. The largest absolute Gasteiger partial charge is 0.495 e. The van der Waals surface area contributed by atoms with Crippen molar-refractivity contribution in [3.8, 4) is 5.75 Å². The summed E-state index contributed by atoms with van der Waals surface area (Å²) in [6.45, 7) is 5.92. The second-order valence-corrected chi connectivity index (χ2v) is 8.39. The average Bonchev–Trinajstić information content (AvgIpc) is 3.03. The normalized spacial score (nSPS) is 14.5. The van der Waals surface area contributed by atoms with Gasteiger partial charge in [0.15, 0.2) is 0 Å². The van der Waals surface area contributed by atoms with Gasteiger partial charge in [-0.1, -0.05) is 26.0 Å². The van der Waals surface area contributed by atoms with E-state index in [-0.39, 0.29) is 10.8 Å². The molecule has 1 amide bonds. The van der Waals surface area contributed by atoms with E-state index in [0.29, 0.717) is 42.7 Å². The smallest absolute Gasteiger partial charge is 0.270 e. The van der Waals surface area contributed by atoms with Gasteiger partial charge < -0.3 is 14.2 Å². The number of nitrogens with zero attached hydrogens (tertiary/aromatic N) is 2. The predicted molar refractivity (Wildman–Crippen MR) is 99.0 cm³/mol. The van der Waals surface area contributed by atoms with Crippen molar-refractivity contribution in [1.82, 2.24) is 9.47 Å². The number of para-hydroxylation sites is 2. The molecule has 2 aromatic rings. The van der Waals surface area contributed by atoms with E-state index in [1.54, 1.807) is 33.7 Å². The number of benzene rings is 1. The standard InChI is InChI=1S/C18H23N3O4S/c1-13(2)11-21-9-8-20-12-14(10-16(20)18(21)22)26(23,24)19-15-6-4-5-7-17(15)25-3/h4-7,10,12-13,19H,8-9,11H2,1-3H3. The number of hydrogen-bond acceptors (Lipinski definition) is 4. The molecule has 3 rings (SSSR count). The Kier molecular flexibility index (Phi) is 4.95. The number of methoxy groups -OCH3 is 1. The summed E-state index contributed by atoms with van der Waals surface area (Å²) in [5.41, 5.74) is 0.754. The van der Waals surface area contributed by atoms with Crippen molar-refractivity contribution < 1.29 is 17.9 Å². The van der Waals surface area contributed by atoms with Crippen LogP contribution in [-0.2, 0) is 16.6 Å². The minimum atomic E-state index is -3.83. The molecule has 8 heteroatoms. The molecule has 26 heavy (non-hydrogen) atoms. The topological polar surface area (TPSA) is 80.6 Å². The number of carbonyl (C=O) groups is 1. The van der Waals surface area contributed by atoms with E-state index in [1.165, 1.54) is 19.4 Å². The molecular formula is C18H23N3O4S. The molecule has 140 valence electrons. The van der Waals surface area contributed by atoms with Crippen LogP contribution in [0.25, 0.3) is 0 Å². The number of nitrogens with one attached hydrogen (secondary N) is 1. The van der Waals surface area contributed by atoms with Crippen molar-refractivity contribution >= 4 is 21.6 Å². The van der Waals surface area contributed by atoms with Crippen LogP contribution < -0.4 is 9.46 Å². The van der Waals surface area contributed by atoms with Crippen LogP contribution in [0.15, 0.2) is 41.4 Å². The van der Waals surface area contributed by atoms with Gasteiger partial charge in [-0.05, 0) is 24.1 Å². The molecule has 0 bridgehead atoms. The Morgan fingerprint density at radius 2 is 1.96 bits per heavy atom. The summed E-state index contributed by atoms with van der Waals surface area (Å²) in [6.07, 6.45) is 1.51. The van der Waals surface area contributed by atoms with Gasteiger partial charge in [0.25, 0.3) is 15.9 Å².